The fraction of sp³-hybridized carbons (Fsp3) is 0.476. The highest BCUT2D eigenvalue weighted by atomic mass is 35.5. The Kier molecular flexibility index (Phi) is 7.50. The fourth-order valence-corrected chi connectivity index (χ4v) is 5.82. The summed E-state index contributed by atoms with van der Waals surface area (Å²) in [4.78, 5) is 14.7. The van der Waals surface area contributed by atoms with Gasteiger partial charge < -0.3 is 15.0 Å². The maximum absolute atomic E-state index is 13.2. The number of nitrogens with one attached hydrogen (secondary N) is 1. The lowest BCUT2D eigenvalue weighted by Crippen LogP contribution is -2.58. The number of sulfonamides is 1. The highest BCUT2D eigenvalue weighted by molar-refractivity contribution is 7.89. The largest absolute Gasteiger partial charge is 0.376 e. The van der Waals surface area contributed by atoms with Crippen molar-refractivity contribution in [3.8, 4) is 0 Å². The highest BCUT2D eigenvalue weighted by Crippen LogP contribution is 2.27. The fourth-order valence-electron chi connectivity index (χ4n) is 4.22. The highest BCUT2D eigenvalue weighted by Gasteiger charge is 2.39. The van der Waals surface area contributed by atoms with E-state index in [4.69, 9.17) is 16.3 Å². The standard InChI is InChI=1S/C21H26ClN3O4S.ClH/c1-29-21(6-8-23-9-7-21)15-24-10-11-25(14-20(24)26)30(27,28)19-5-3-16-12-18(22)4-2-17(16)13-19;/h2-5,12-13,23H,6-11,14-15H2,1H3;1H. The van der Waals surface area contributed by atoms with Crippen molar-refractivity contribution in [2.24, 2.45) is 0 Å². The van der Waals surface area contributed by atoms with E-state index in [-0.39, 0.29) is 41.9 Å². The molecule has 2 aliphatic heterocycles. The number of amides is 1. The molecule has 0 saturated carbocycles. The summed E-state index contributed by atoms with van der Waals surface area (Å²) in [5, 5.41) is 5.56. The number of ether oxygens (including phenoxy) is 1. The third kappa shape index (κ3) is 4.99. The van der Waals surface area contributed by atoms with Crippen LogP contribution >= 0.6 is 24.0 Å². The van der Waals surface area contributed by atoms with Gasteiger partial charge in [0.05, 0.1) is 17.0 Å². The van der Waals surface area contributed by atoms with Crippen LogP contribution in [0.1, 0.15) is 12.8 Å². The zero-order chi connectivity index (χ0) is 21.4. The van der Waals surface area contributed by atoms with Gasteiger partial charge in [0.15, 0.2) is 0 Å². The number of carbonyl (C=O) groups excluding carboxylic acids is 1. The molecule has 0 bridgehead atoms. The SMILES string of the molecule is COC1(CN2CCN(S(=O)(=O)c3ccc4cc(Cl)ccc4c3)CC2=O)CCNCC1.Cl. The number of rotatable bonds is 5. The molecule has 0 atom stereocenters. The van der Waals surface area contributed by atoms with Gasteiger partial charge >= 0.3 is 0 Å². The van der Waals surface area contributed by atoms with E-state index in [1.807, 2.05) is 0 Å². The van der Waals surface area contributed by atoms with Crippen molar-refractivity contribution in [2.75, 3.05) is 46.4 Å². The molecule has 0 aliphatic carbocycles. The van der Waals surface area contributed by atoms with E-state index in [1.165, 1.54) is 4.31 Å². The van der Waals surface area contributed by atoms with Gasteiger partial charge in [-0.25, -0.2) is 8.42 Å². The second kappa shape index (κ2) is 9.60. The van der Waals surface area contributed by atoms with Crippen LogP contribution in [0.3, 0.4) is 0 Å². The van der Waals surface area contributed by atoms with Crippen LogP contribution in [0.5, 0.6) is 0 Å². The number of halogens is 2. The van der Waals surface area contributed by atoms with Crippen LogP contribution in [-0.2, 0) is 19.6 Å². The van der Waals surface area contributed by atoms with Crippen LogP contribution in [0, 0.1) is 0 Å². The molecule has 2 aromatic carbocycles. The van der Waals surface area contributed by atoms with Crippen molar-refractivity contribution in [3.05, 3.63) is 41.4 Å². The monoisotopic (exact) mass is 487 g/mol. The van der Waals surface area contributed by atoms with Gasteiger partial charge in [-0.2, -0.15) is 4.31 Å². The van der Waals surface area contributed by atoms with E-state index in [9.17, 15) is 13.2 Å². The summed E-state index contributed by atoms with van der Waals surface area (Å²) in [5.41, 5.74) is -0.360. The van der Waals surface area contributed by atoms with Gasteiger partial charge in [-0.05, 0) is 61.0 Å². The molecule has 10 heteroatoms. The van der Waals surface area contributed by atoms with E-state index < -0.39 is 10.0 Å². The first-order chi connectivity index (χ1) is 14.3. The lowest BCUT2D eigenvalue weighted by atomic mass is 9.91. The summed E-state index contributed by atoms with van der Waals surface area (Å²) < 4.78 is 33.3. The molecule has 2 heterocycles. The Morgan fingerprint density at radius 3 is 2.45 bits per heavy atom. The minimum Gasteiger partial charge on any atom is -0.376 e. The summed E-state index contributed by atoms with van der Waals surface area (Å²) in [7, 11) is -2.08. The van der Waals surface area contributed by atoms with Crippen molar-refractivity contribution in [3.63, 3.8) is 0 Å². The molecule has 0 unspecified atom stereocenters. The van der Waals surface area contributed by atoms with Crippen LogP contribution in [0.15, 0.2) is 41.3 Å². The van der Waals surface area contributed by atoms with E-state index in [0.29, 0.717) is 18.1 Å². The number of fused-ring (bicyclic) bond motifs is 1. The normalized spacial score (nSPS) is 19.9. The number of hydrogen-bond donors (Lipinski definition) is 1. The second-order valence-corrected chi connectivity index (χ2v) is 10.3. The molecule has 2 aromatic rings. The first-order valence-electron chi connectivity index (χ1n) is 10.1. The lowest BCUT2D eigenvalue weighted by molar-refractivity contribution is -0.140. The maximum Gasteiger partial charge on any atom is 0.243 e. The minimum atomic E-state index is -3.76. The molecular weight excluding hydrogens is 461 g/mol. The van der Waals surface area contributed by atoms with Gasteiger partial charge in [-0.1, -0.05) is 23.7 Å². The molecular formula is C21H27Cl2N3O4S. The molecule has 0 radical (unpaired) electrons. The molecule has 31 heavy (non-hydrogen) atoms. The molecule has 2 fully saturated rings. The summed E-state index contributed by atoms with van der Waals surface area (Å²) in [6, 6.07) is 10.3. The molecule has 4 rings (SSSR count). The Hall–Kier alpha value is -1.42. The van der Waals surface area contributed by atoms with E-state index in [2.05, 4.69) is 5.32 Å². The van der Waals surface area contributed by atoms with Crippen LogP contribution < -0.4 is 5.32 Å². The van der Waals surface area contributed by atoms with E-state index in [1.54, 1.807) is 48.4 Å². The Morgan fingerprint density at radius 1 is 1.10 bits per heavy atom. The summed E-state index contributed by atoms with van der Waals surface area (Å²) >= 11 is 6.01. The van der Waals surface area contributed by atoms with Crippen molar-refractivity contribution < 1.29 is 17.9 Å². The average molecular weight is 488 g/mol. The molecule has 1 N–H and O–H groups in total. The number of hydrogen-bond acceptors (Lipinski definition) is 5. The van der Waals surface area contributed by atoms with E-state index >= 15 is 0 Å². The third-order valence-corrected chi connectivity index (χ3v) is 8.20. The molecule has 2 aliphatic rings. The zero-order valence-electron chi connectivity index (χ0n) is 17.3. The number of piperidine rings is 1. The Balaban J connectivity index is 0.00000272. The zero-order valence-corrected chi connectivity index (χ0v) is 19.7. The smallest absolute Gasteiger partial charge is 0.243 e. The van der Waals surface area contributed by atoms with Crippen molar-refractivity contribution in [2.45, 2.75) is 23.3 Å². The quantitative estimate of drug-likeness (QED) is 0.700. The first kappa shape index (κ1) is 24.2. The molecule has 7 nitrogen and oxygen atoms in total. The predicted octanol–water partition coefficient (Wildman–Crippen LogP) is 2.52. The molecule has 2 saturated heterocycles. The van der Waals surface area contributed by atoms with Crippen LogP contribution in [0.25, 0.3) is 10.8 Å². The predicted molar refractivity (Wildman–Crippen MR) is 123 cm³/mol. The molecule has 0 spiro atoms. The van der Waals surface area contributed by atoms with Crippen LogP contribution in [0.4, 0.5) is 0 Å². The Labute approximate surface area is 194 Å². The van der Waals surface area contributed by atoms with Crippen molar-refractivity contribution in [1.82, 2.24) is 14.5 Å². The lowest BCUT2D eigenvalue weighted by Gasteiger charge is -2.42. The van der Waals surface area contributed by atoms with Gasteiger partial charge in [0.2, 0.25) is 15.9 Å². The molecule has 170 valence electrons. The maximum atomic E-state index is 13.2. The van der Waals surface area contributed by atoms with Gasteiger partial charge in [-0.3, -0.25) is 4.79 Å². The van der Waals surface area contributed by atoms with Gasteiger partial charge in [-0.15, -0.1) is 12.4 Å². The molecule has 0 aromatic heterocycles. The minimum absolute atomic E-state index is 0. The average Bonchev–Trinajstić information content (AvgIpc) is 2.75. The Bertz CT molecular complexity index is 1060. The first-order valence-corrected chi connectivity index (χ1v) is 11.9. The summed E-state index contributed by atoms with van der Waals surface area (Å²) in [5.74, 6) is -0.188. The van der Waals surface area contributed by atoms with Crippen LogP contribution in [-0.4, -0.2) is 75.5 Å². The Morgan fingerprint density at radius 2 is 1.77 bits per heavy atom. The summed E-state index contributed by atoms with van der Waals surface area (Å²) in [6.45, 7) is 2.67. The number of nitrogens with zero attached hydrogens (tertiary/aromatic N) is 2. The van der Waals surface area contributed by atoms with Gasteiger partial charge in [0.25, 0.3) is 0 Å². The van der Waals surface area contributed by atoms with Crippen molar-refractivity contribution in [1.29, 1.82) is 0 Å². The van der Waals surface area contributed by atoms with Gasteiger partial charge in [0.1, 0.15) is 0 Å². The summed E-state index contributed by atoms with van der Waals surface area (Å²) in [6.07, 6.45) is 1.66. The van der Waals surface area contributed by atoms with Crippen molar-refractivity contribution >= 4 is 50.7 Å². The van der Waals surface area contributed by atoms with Gasteiger partial charge in [0, 0.05) is 31.8 Å². The topological polar surface area (TPSA) is 79.0 Å². The van der Waals surface area contributed by atoms with E-state index in [0.717, 1.165) is 36.7 Å². The number of benzene rings is 2. The number of piperazine rings is 1. The number of carbonyl (C=O) groups is 1. The molecule has 1 amide bonds. The number of methoxy groups -OCH3 is 1. The third-order valence-electron chi connectivity index (χ3n) is 6.12. The van der Waals surface area contributed by atoms with Crippen LogP contribution in [0.2, 0.25) is 5.02 Å². The second-order valence-electron chi connectivity index (χ2n) is 7.94.